The van der Waals surface area contributed by atoms with Crippen molar-refractivity contribution < 1.29 is 14.7 Å². The van der Waals surface area contributed by atoms with Crippen molar-refractivity contribution >= 4 is 11.9 Å². The summed E-state index contributed by atoms with van der Waals surface area (Å²) in [4.78, 5) is 24.9. The fraction of sp³-hybridized carbons (Fsp3) is 0.846. The molecule has 0 radical (unpaired) electrons. The van der Waals surface area contributed by atoms with Gasteiger partial charge in [-0.2, -0.15) is 0 Å². The van der Waals surface area contributed by atoms with Crippen molar-refractivity contribution in [1.29, 1.82) is 0 Å². The minimum atomic E-state index is -0.787. The summed E-state index contributed by atoms with van der Waals surface area (Å²) in [6.45, 7) is 1.63. The smallest absolute Gasteiger partial charge is 0.308 e. The first-order chi connectivity index (χ1) is 8.56. The molecule has 1 heterocycles. The van der Waals surface area contributed by atoms with Gasteiger partial charge in [-0.3, -0.25) is 9.59 Å². The van der Waals surface area contributed by atoms with E-state index in [0.29, 0.717) is 32.5 Å². The first-order valence-electron chi connectivity index (χ1n) is 6.77. The normalized spacial score (nSPS) is 26.5. The van der Waals surface area contributed by atoms with Crippen molar-refractivity contribution in [1.82, 2.24) is 4.90 Å². The van der Waals surface area contributed by atoms with Crippen molar-refractivity contribution in [3.8, 4) is 0 Å². The van der Waals surface area contributed by atoms with Crippen LogP contribution in [0.5, 0.6) is 0 Å². The van der Waals surface area contributed by atoms with Gasteiger partial charge in [-0.25, -0.2) is 0 Å². The highest BCUT2D eigenvalue weighted by Gasteiger charge is 2.39. The fourth-order valence-electron chi connectivity index (χ4n) is 2.97. The molecule has 1 saturated heterocycles. The van der Waals surface area contributed by atoms with Gasteiger partial charge in [-0.15, -0.1) is 0 Å². The number of carbonyl (C=O) groups is 2. The number of nitrogens with two attached hydrogens (primary N) is 1. The molecule has 18 heavy (non-hydrogen) atoms. The Labute approximate surface area is 107 Å². The van der Waals surface area contributed by atoms with Gasteiger partial charge in [-0.05, 0) is 37.6 Å². The summed E-state index contributed by atoms with van der Waals surface area (Å²) in [7, 11) is 0. The van der Waals surface area contributed by atoms with Gasteiger partial charge in [0.1, 0.15) is 0 Å². The summed E-state index contributed by atoms with van der Waals surface area (Å²) in [6.07, 6.45) is 5.19. The van der Waals surface area contributed by atoms with E-state index in [-0.39, 0.29) is 11.3 Å². The molecule has 1 aliphatic heterocycles. The molecule has 2 rings (SSSR count). The Morgan fingerprint density at radius 1 is 1.33 bits per heavy atom. The van der Waals surface area contributed by atoms with Gasteiger partial charge in [0.25, 0.3) is 0 Å². The van der Waals surface area contributed by atoms with Crippen LogP contribution in [0.1, 0.15) is 38.5 Å². The number of piperidine rings is 1. The Balaban J connectivity index is 1.90. The summed E-state index contributed by atoms with van der Waals surface area (Å²) in [6, 6.07) is 0. The lowest BCUT2D eigenvalue weighted by Gasteiger charge is -2.42. The predicted octanol–water partition coefficient (Wildman–Crippen LogP) is 0.829. The molecule has 1 saturated carbocycles. The average molecular weight is 254 g/mol. The number of carboxylic acid groups (broad SMARTS) is 1. The van der Waals surface area contributed by atoms with Crippen LogP contribution in [0.15, 0.2) is 0 Å². The molecule has 5 nitrogen and oxygen atoms in total. The molecule has 5 heteroatoms. The standard InChI is InChI=1S/C13H22N2O3/c14-9-13(4-2-5-13)7-11(16)15-6-1-3-10(8-15)12(17)18/h10H,1-9,14H2,(H,17,18)/t10-/m0/s1. The Hall–Kier alpha value is -1.10. The van der Waals surface area contributed by atoms with Crippen LogP contribution in [-0.2, 0) is 9.59 Å². The van der Waals surface area contributed by atoms with Crippen molar-refractivity contribution in [3.05, 3.63) is 0 Å². The molecule has 1 aliphatic carbocycles. The summed E-state index contributed by atoms with van der Waals surface area (Å²) in [5.41, 5.74) is 5.76. The zero-order chi connectivity index (χ0) is 13.2. The van der Waals surface area contributed by atoms with Crippen molar-refractivity contribution in [2.24, 2.45) is 17.1 Å². The number of hydrogen-bond acceptors (Lipinski definition) is 3. The van der Waals surface area contributed by atoms with E-state index in [9.17, 15) is 9.59 Å². The second-order valence-corrected chi connectivity index (χ2v) is 5.75. The monoisotopic (exact) mass is 254 g/mol. The molecule has 0 unspecified atom stereocenters. The van der Waals surface area contributed by atoms with Crippen LogP contribution < -0.4 is 5.73 Å². The number of nitrogens with zero attached hydrogens (tertiary/aromatic N) is 1. The molecule has 0 aromatic carbocycles. The largest absolute Gasteiger partial charge is 0.481 e. The van der Waals surface area contributed by atoms with Crippen LogP contribution in [0, 0.1) is 11.3 Å². The maximum atomic E-state index is 12.2. The van der Waals surface area contributed by atoms with Crippen LogP contribution in [0.3, 0.4) is 0 Å². The van der Waals surface area contributed by atoms with Gasteiger partial charge < -0.3 is 15.7 Å². The fourth-order valence-corrected chi connectivity index (χ4v) is 2.97. The third-order valence-electron chi connectivity index (χ3n) is 4.50. The molecule has 3 N–H and O–H groups in total. The van der Waals surface area contributed by atoms with Gasteiger partial charge in [0.05, 0.1) is 5.92 Å². The number of hydrogen-bond donors (Lipinski definition) is 2. The summed E-state index contributed by atoms with van der Waals surface area (Å²) in [5, 5.41) is 9.02. The summed E-state index contributed by atoms with van der Waals surface area (Å²) >= 11 is 0. The minimum Gasteiger partial charge on any atom is -0.481 e. The van der Waals surface area contributed by atoms with Crippen LogP contribution in [0.2, 0.25) is 0 Å². The second-order valence-electron chi connectivity index (χ2n) is 5.75. The van der Waals surface area contributed by atoms with E-state index in [1.54, 1.807) is 4.90 Å². The lowest BCUT2D eigenvalue weighted by atomic mass is 9.66. The molecule has 0 spiro atoms. The lowest BCUT2D eigenvalue weighted by Crippen LogP contribution is -2.47. The van der Waals surface area contributed by atoms with Gasteiger partial charge in [0.2, 0.25) is 5.91 Å². The predicted molar refractivity (Wildman–Crippen MR) is 66.9 cm³/mol. The highest BCUT2D eigenvalue weighted by Crippen LogP contribution is 2.43. The summed E-state index contributed by atoms with van der Waals surface area (Å²) < 4.78 is 0. The third kappa shape index (κ3) is 2.66. The van der Waals surface area contributed by atoms with Crippen LogP contribution in [-0.4, -0.2) is 41.5 Å². The van der Waals surface area contributed by atoms with E-state index < -0.39 is 11.9 Å². The number of likely N-dealkylation sites (tertiary alicyclic amines) is 1. The Kier molecular flexibility index (Phi) is 3.90. The zero-order valence-electron chi connectivity index (χ0n) is 10.7. The maximum Gasteiger partial charge on any atom is 0.308 e. The van der Waals surface area contributed by atoms with E-state index in [1.807, 2.05) is 0 Å². The molecule has 0 aromatic heterocycles. The van der Waals surface area contributed by atoms with E-state index in [2.05, 4.69) is 0 Å². The SMILES string of the molecule is NCC1(CC(=O)N2CCC[C@H](C(=O)O)C2)CCC1. The van der Waals surface area contributed by atoms with Crippen molar-refractivity contribution in [3.63, 3.8) is 0 Å². The van der Waals surface area contributed by atoms with Gasteiger partial charge in [0.15, 0.2) is 0 Å². The van der Waals surface area contributed by atoms with E-state index in [0.717, 1.165) is 25.7 Å². The Morgan fingerprint density at radius 2 is 2.06 bits per heavy atom. The zero-order valence-corrected chi connectivity index (χ0v) is 10.7. The molecule has 1 atom stereocenters. The first kappa shape index (κ1) is 13.3. The number of carbonyl (C=O) groups excluding carboxylic acids is 1. The van der Waals surface area contributed by atoms with Crippen LogP contribution >= 0.6 is 0 Å². The molecule has 1 amide bonds. The second kappa shape index (κ2) is 5.26. The maximum absolute atomic E-state index is 12.2. The van der Waals surface area contributed by atoms with E-state index in [4.69, 9.17) is 10.8 Å². The molecular formula is C13H22N2O3. The van der Waals surface area contributed by atoms with Crippen molar-refractivity contribution in [2.45, 2.75) is 38.5 Å². The highest BCUT2D eigenvalue weighted by molar-refractivity contribution is 5.78. The lowest BCUT2D eigenvalue weighted by molar-refractivity contribution is -0.146. The van der Waals surface area contributed by atoms with Gasteiger partial charge in [0, 0.05) is 19.5 Å². The number of amides is 1. The molecule has 0 aromatic rings. The van der Waals surface area contributed by atoms with Crippen LogP contribution in [0.25, 0.3) is 0 Å². The topological polar surface area (TPSA) is 83.6 Å². The Bertz CT molecular complexity index is 334. The number of aliphatic carboxylic acids is 1. The quantitative estimate of drug-likeness (QED) is 0.778. The van der Waals surface area contributed by atoms with Crippen molar-refractivity contribution in [2.75, 3.05) is 19.6 Å². The number of carboxylic acids is 1. The molecule has 102 valence electrons. The Morgan fingerprint density at radius 3 is 2.56 bits per heavy atom. The van der Waals surface area contributed by atoms with Crippen LogP contribution in [0.4, 0.5) is 0 Å². The molecule has 2 fully saturated rings. The minimum absolute atomic E-state index is 0.00719. The third-order valence-corrected chi connectivity index (χ3v) is 4.50. The molecule has 2 aliphatic rings. The van der Waals surface area contributed by atoms with E-state index in [1.165, 1.54) is 0 Å². The number of rotatable bonds is 4. The average Bonchev–Trinajstić information content (AvgIpc) is 2.33. The van der Waals surface area contributed by atoms with E-state index >= 15 is 0 Å². The molecule has 0 bridgehead atoms. The first-order valence-corrected chi connectivity index (χ1v) is 6.77. The highest BCUT2D eigenvalue weighted by atomic mass is 16.4. The van der Waals surface area contributed by atoms with Gasteiger partial charge >= 0.3 is 5.97 Å². The summed E-state index contributed by atoms with van der Waals surface area (Å²) in [5.74, 6) is -1.09. The van der Waals surface area contributed by atoms with Gasteiger partial charge in [-0.1, -0.05) is 6.42 Å². The molecular weight excluding hydrogens is 232 g/mol.